The van der Waals surface area contributed by atoms with Gasteiger partial charge in [0.2, 0.25) is 0 Å². The number of rotatable bonds is 2. The highest BCUT2D eigenvalue weighted by atomic mass is 35.5. The van der Waals surface area contributed by atoms with E-state index >= 15 is 0 Å². The Hall–Kier alpha value is -0.830. The minimum Gasteiger partial charge on any atom is -0.295 e. The molecule has 2 heterocycles. The molecule has 0 spiro atoms. The Morgan fingerprint density at radius 2 is 2.11 bits per heavy atom. The van der Waals surface area contributed by atoms with Gasteiger partial charge in [-0.05, 0) is 48.0 Å². The summed E-state index contributed by atoms with van der Waals surface area (Å²) in [5.74, 6) is 0. The molecule has 2 aromatic rings. The van der Waals surface area contributed by atoms with Crippen LogP contribution in [0.1, 0.15) is 22.4 Å². The van der Waals surface area contributed by atoms with Gasteiger partial charge in [-0.3, -0.25) is 4.90 Å². The summed E-state index contributed by atoms with van der Waals surface area (Å²) in [6.07, 6.45) is 2.48. The van der Waals surface area contributed by atoms with Crippen LogP contribution in [0.3, 0.4) is 0 Å². The lowest BCUT2D eigenvalue weighted by Gasteiger charge is -2.20. The highest BCUT2D eigenvalue weighted by Crippen LogP contribution is 2.25. The van der Waals surface area contributed by atoms with Gasteiger partial charge < -0.3 is 0 Å². The van der Waals surface area contributed by atoms with Crippen molar-refractivity contribution in [1.82, 2.24) is 4.90 Å². The fourth-order valence-electron chi connectivity index (χ4n) is 2.51. The van der Waals surface area contributed by atoms with Crippen molar-refractivity contribution in [3.8, 4) is 0 Å². The number of halogens is 1. The smallest absolute Gasteiger partial charge is 0.0451 e. The first-order valence-corrected chi connectivity index (χ1v) is 7.60. The van der Waals surface area contributed by atoms with Crippen LogP contribution >= 0.6 is 22.9 Å². The van der Waals surface area contributed by atoms with Crippen molar-refractivity contribution in [2.45, 2.75) is 25.9 Å². The number of thiophene rings is 1. The summed E-state index contributed by atoms with van der Waals surface area (Å²) in [6.45, 7) is 3.17. The van der Waals surface area contributed by atoms with Gasteiger partial charge in [0.15, 0.2) is 0 Å². The van der Waals surface area contributed by atoms with Gasteiger partial charge in [-0.2, -0.15) is 0 Å². The van der Waals surface area contributed by atoms with E-state index in [2.05, 4.69) is 28.5 Å². The second-order valence-electron chi connectivity index (χ2n) is 4.77. The molecule has 1 nitrogen and oxygen atoms in total. The third-order valence-electron chi connectivity index (χ3n) is 3.46. The summed E-state index contributed by atoms with van der Waals surface area (Å²) < 4.78 is 0. The highest BCUT2D eigenvalue weighted by molar-refractivity contribution is 7.10. The molecule has 0 amide bonds. The molecule has 18 heavy (non-hydrogen) atoms. The quantitative estimate of drug-likeness (QED) is 0.789. The molecule has 0 atom stereocenters. The van der Waals surface area contributed by atoms with Crippen molar-refractivity contribution < 1.29 is 0 Å². The van der Waals surface area contributed by atoms with Gasteiger partial charge in [0, 0.05) is 23.0 Å². The minimum absolute atomic E-state index is 0.882. The highest BCUT2D eigenvalue weighted by Gasteiger charge is 2.16. The summed E-state index contributed by atoms with van der Waals surface area (Å²) in [7, 11) is 0. The van der Waals surface area contributed by atoms with E-state index in [0.717, 1.165) is 24.7 Å². The van der Waals surface area contributed by atoms with Crippen LogP contribution in [-0.2, 0) is 19.5 Å². The van der Waals surface area contributed by atoms with E-state index in [-0.39, 0.29) is 0 Å². The third kappa shape index (κ3) is 2.61. The normalized spacial score (nSPS) is 16.3. The summed E-state index contributed by atoms with van der Waals surface area (Å²) >= 11 is 8.14. The van der Waals surface area contributed by atoms with Crippen LogP contribution in [0.25, 0.3) is 0 Å². The molecule has 0 saturated carbocycles. The first-order valence-electron chi connectivity index (χ1n) is 6.34. The van der Waals surface area contributed by atoms with E-state index in [4.69, 9.17) is 11.6 Å². The molecule has 0 fully saturated rings. The molecule has 3 rings (SSSR count). The fraction of sp³-hybridized carbons (Fsp3) is 0.333. The molecule has 0 bridgehead atoms. The van der Waals surface area contributed by atoms with Crippen LogP contribution in [0.2, 0.25) is 5.02 Å². The zero-order chi connectivity index (χ0) is 12.4. The topological polar surface area (TPSA) is 3.24 Å². The van der Waals surface area contributed by atoms with Crippen LogP contribution in [-0.4, -0.2) is 11.4 Å². The zero-order valence-electron chi connectivity index (χ0n) is 10.2. The number of nitrogens with zero attached hydrogens (tertiary/aromatic N) is 1. The van der Waals surface area contributed by atoms with E-state index in [0.29, 0.717) is 0 Å². The molecule has 0 unspecified atom stereocenters. The molecule has 1 aromatic heterocycles. The molecule has 0 saturated heterocycles. The van der Waals surface area contributed by atoms with Gasteiger partial charge in [-0.25, -0.2) is 0 Å². The minimum atomic E-state index is 0.882. The average Bonchev–Trinajstić information content (AvgIpc) is 2.71. The van der Waals surface area contributed by atoms with Crippen LogP contribution in [0.15, 0.2) is 35.7 Å². The molecular formula is C15H16ClNS. The number of benzene rings is 1. The largest absolute Gasteiger partial charge is 0.295 e. The van der Waals surface area contributed by atoms with Gasteiger partial charge in [-0.1, -0.05) is 29.8 Å². The van der Waals surface area contributed by atoms with E-state index < -0.39 is 0 Å². The number of hydrogen-bond acceptors (Lipinski definition) is 2. The standard InChI is InChI=1S/C15H16ClNS/c16-14-5-2-1-4-12(14)10-17-8-3-6-15-13(11-17)7-9-18-15/h1-2,4-5,7,9H,3,6,8,10-11H2. The predicted octanol–water partition coefficient (Wildman–Crippen LogP) is 4.35. The zero-order valence-corrected chi connectivity index (χ0v) is 11.8. The number of hydrogen-bond donors (Lipinski definition) is 0. The molecule has 0 aliphatic carbocycles. The summed E-state index contributed by atoms with van der Waals surface area (Å²) in [5.41, 5.74) is 2.74. The van der Waals surface area contributed by atoms with E-state index in [1.54, 1.807) is 4.88 Å². The Balaban J connectivity index is 1.76. The van der Waals surface area contributed by atoms with E-state index in [1.165, 1.54) is 24.0 Å². The molecule has 0 radical (unpaired) electrons. The Morgan fingerprint density at radius 1 is 1.22 bits per heavy atom. The summed E-state index contributed by atoms with van der Waals surface area (Å²) in [4.78, 5) is 4.07. The van der Waals surface area contributed by atoms with Crippen LogP contribution in [0.4, 0.5) is 0 Å². The van der Waals surface area contributed by atoms with Crippen molar-refractivity contribution in [2.75, 3.05) is 6.54 Å². The molecular weight excluding hydrogens is 262 g/mol. The number of aryl methyl sites for hydroxylation is 1. The monoisotopic (exact) mass is 277 g/mol. The summed E-state index contributed by atoms with van der Waals surface area (Å²) in [6, 6.07) is 10.4. The number of fused-ring (bicyclic) bond motifs is 1. The van der Waals surface area contributed by atoms with Gasteiger partial charge >= 0.3 is 0 Å². The fourth-order valence-corrected chi connectivity index (χ4v) is 3.65. The van der Waals surface area contributed by atoms with E-state index in [1.807, 2.05) is 23.5 Å². The third-order valence-corrected chi connectivity index (χ3v) is 4.85. The molecule has 1 aliphatic heterocycles. The molecule has 1 aromatic carbocycles. The lowest BCUT2D eigenvalue weighted by molar-refractivity contribution is 0.261. The van der Waals surface area contributed by atoms with Gasteiger partial charge in [0.05, 0.1) is 0 Å². The van der Waals surface area contributed by atoms with Crippen molar-refractivity contribution in [1.29, 1.82) is 0 Å². The van der Waals surface area contributed by atoms with Gasteiger partial charge in [0.25, 0.3) is 0 Å². The second-order valence-corrected chi connectivity index (χ2v) is 6.18. The first-order chi connectivity index (χ1) is 8.83. The summed E-state index contributed by atoms with van der Waals surface area (Å²) in [5, 5.41) is 3.09. The Bertz CT molecular complexity index is 535. The lowest BCUT2D eigenvalue weighted by atomic mass is 10.2. The Kier molecular flexibility index (Phi) is 3.69. The maximum atomic E-state index is 6.24. The maximum Gasteiger partial charge on any atom is 0.0451 e. The molecule has 0 N–H and O–H groups in total. The van der Waals surface area contributed by atoms with Crippen molar-refractivity contribution in [2.24, 2.45) is 0 Å². The van der Waals surface area contributed by atoms with Crippen LogP contribution in [0, 0.1) is 0 Å². The van der Waals surface area contributed by atoms with Crippen molar-refractivity contribution in [3.05, 3.63) is 56.7 Å². The molecule has 94 valence electrons. The maximum absolute atomic E-state index is 6.24. The molecule has 1 aliphatic rings. The average molecular weight is 278 g/mol. The van der Waals surface area contributed by atoms with Gasteiger partial charge in [0.1, 0.15) is 0 Å². The first kappa shape index (κ1) is 12.2. The SMILES string of the molecule is Clc1ccccc1CN1CCCc2sccc2C1. The van der Waals surface area contributed by atoms with Gasteiger partial charge in [-0.15, -0.1) is 11.3 Å². The molecule has 3 heteroatoms. The second kappa shape index (κ2) is 5.43. The predicted molar refractivity (Wildman–Crippen MR) is 78.2 cm³/mol. The van der Waals surface area contributed by atoms with E-state index in [9.17, 15) is 0 Å². The van der Waals surface area contributed by atoms with Crippen molar-refractivity contribution >= 4 is 22.9 Å². The van der Waals surface area contributed by atoms with Crippen LogP contribution < -0.4 is 0 Å². The lowest BCUT2D eigenvalue weighted by Crippen LogP contribution is -2.22. The van der Waals surface area contributed by atoms with Crippen molar-refractivity contribution in [3.63, 3.8) is 0 Å². The van der Waals surface area contributed by atoms with Crippen LogP contribution in [0.5, 0.6) is 0 Å². The Morgan fingerprint density at radius 3 is 3.00 bits per heavy atom. The Labute approximate surface area is 117 Å².